The highest BCUT2D eigenvalue weighted by Gasteiger charge is 2.36. The van der Waals surface area contributed by atoms with E-state index in [-0.39, 0.29) is 5.56 Å². The fourth-order valence-electron chi connectivity index (χ4n) is 2.26. The predicted molar refractivity (Wildman–Crippen MR) is 83.0 cm³/mol. The molecule has 1 aromatic carbocycles. The second kappa shape index (κ2) is 5.79. The number of fused-ring (bicyclic) bond motifs is 1. The van der Waals surface area contributed by atoms with Gasteiger partial charge in [0.1, 0.15) is 0 Å². The van der Waals surface area contributed by atoms with Crippen LogP contribution >= 0.6 is 11.6 Å². The molecule has 3 rings (SSSR count). The minimum Gasteiger partial charge on any atom is -0.319 e. The first-order valence-electron chi connectivity index (χ1n) is 6.74. The van der Waals surface area contributed by atoms with Crippen LogP contribution in [0.3, 0.4) is 0 Å². The van der Waals surface area contributed by atoms with E-state index in [2.05, 4.69) is 15.4 Å². The minimum atomic E-state index is -4.65. The number of carbonyl (C=O) groups excluding carboxylic acids is 1. The summed E-state index contributed by atoms with van der Waals surface area (Å²) in [5.41, 5.74) is -0.394. The number of benzene rings is 1. The maximum absolute atomic E-state index is 12.8. The number of rotatable bonds is 2. The van der Waals surface area contributed by atoms with Crippen molar-refractivity contribution in [2.75, 3.05) is 5.32 Å². The van der Waals surface area contributed by atoms with E-state index in [4.69, 9.17) is 11.6 Å². The molecule has 124 valence electrons. The molecule has 0 atom stereocenters. The summed E-state index contributed by atoms with van der Waals surface area (Å²) in [4.78, 5) is 16.6. The van der Waals surface area contributed by atoms with Crippen molar-refractivity contribution in [1.82, 2.24) is 15.2 Å². The molecule has 0 unspecified atom stereocenters. The quantitative estimate of drug-likeness (QED) is 0.725. The lowest BCUT2D eigenvalue weighted by atomic mass is 10.1. The number of carbonyl (C=O) groups is 1. The van der Waals surface area contributed by atoms with Crippen LogP contribution in [0.2, 0.25) is 5.02 Å². The summed E-state index contributed by atoms with van der Waals surface area (Å²) in [6.07, 6.45) is -3.75. The van der Waals surface area contributed by atoms with E-state index in [0.717, 1.165) is 6.20 Å². The highest BCUT2D eigenvalue weighted by atomic mass is 35.5. The van der Waals surface area contributed by atoms with Gasteiger partial charge in [-0.25, -0.2) is 0 Å². The summed E-state index contributed by atoms with van der Waals surface area (Å²) in [6, 6.07) is 6.52. The predicted octanol–water partition coefficient (Wildman–Crippen LogP) is 4.19. The number of aromatic amines is 1. The number of aryl methyl sites for hydroxylation is 1. The van der Waals surface area contributed by atoms with Crippen molar-refractivity contribution in [2.45, 2.75) is 13.1 Å². The lowest BCUT2D eigenvalue weighted by Gasteiger charge is -2.10. The molecular weight excluding hydrogens is 345 g/mol. The van der Waals surface area contributed by atoms with Crippen molar-refractivity contribution in [3.8, 4) is 0 Å². The van der Waals surface area contributed by atoms with Crippen LogP contribution in [0.1, 0.15) is 21.7 Å². The van der Waals surface area contributed by atoms with E-state index < -0.39 is 23.5 Å². The first-order valence-corrected chi connectivity index (χ1v) is 7.12. The largest absolute Gasteiger partial charge is 0.434 e. The highest BCUT2D eigenvalue weighted by molar-refractivity contribution is 6.31. The first kappa shape index (κ1) is 16.3. The number of halogens is 4. The molecule has 0 bridgehead atoms. The van der Waals surface area contributed by atoms with Crippen LogP contribution in [0.4, 0.5) is 18.9 Å². The lowest BCUT2D eigenvalue weighted by molar-refractivity contribution is -0.140. The Morgan fingerprint density at radius 3 is 2.75 bits per heavy atom. The van der Waals surface area contributed by atoms with Gasteiger partial charge in [0.25, 0.3) is 5.91 Å². The van der Waals surface area contributed by atoms with Gasteiger partial charge in [0.15, 0.2) is 5.69 Å². The maximum atomic E-state index is 12.8. The molecular formula is C15H10ClF3N4O. The Balaban J connectivity index is 1.97. The van der Waals surface area contributed by atoms with Crippen LogP contribution in [0, 0.1) is 6.92 Å². The number of anilines is 1. The summed E-state index contributed by atoms with van der Waals surface area (Å²) < 4.78 is 38.5. The van der Waals surface area contributed by atoms with Crippen molar-refractivity contribution in [1.29, 1.82) is 0 Å². The third-order valence-electron chi connectivity index (χ3n) is 3.38. The molecule has 0 saturated carbocycles. The maximum Gasteiger partial charge on any atom is 0.434 e. The molecule has 9 heteroatoms. The molecule has 0 fully saturated rings. The van der Waals surface area contributed by atoms with E-state index in [9.17, 15) is 18.0 Å². The lowest BCUT2D eigenvalue weighted by Crippen LogP contribution is -2.17. The Bertz CT molecular complexity index is 936. The molecule has 2 heterocycles. The van der Waals surface area contributed by atoms with Crippen LogP contribution in [-0.2, 0) is 6.18 Å². The number of hydrogen-bond acceptors (Lipinski definition) is 3. The normalized spacial score (nSPS) is 11.7. The zero-order valence-electron chi connectivity index (χ0n) is 12.2. The van der Waals surface area contributed by atoms with Crippen molar-refractivity contribution >= 4 is 34.1 Å². The molecule has 0 saturated heterocycles. The van der Waals surface area contributed by atoms with Gasteiger partial charge in [-0.2, -0.15) is 18.3 Å². The molecule has 0 radical (unpaired) electrons. The summed E-state index contributed by atoms with van der Waals surface area (Å²) >= 11 is 5.91. The van der Waals surface area contributed by atoms with E-state index >= 15 is 0 Å². The van der Waals surface area contributed by atoms with Gasteiger partial charge in [-0.15, -0.1) is 0 Å². The average molecular weight is 355 g/mol. The average Bonchev–Trinajstić information content (AvgIpc) is 2.95. The fraction of sp³-hybridized carbons (Fsp3) is 0.133. The number of H-pyrrole nitrogens is 1. The first-order chi connectivity index (χ1) is 11.3. The molecule has 2 N–H and O–H groups in total. The SMILES string of the molecule is Cc1nc2ccc(Cl)cc2cc1C(=O)Nc1cn[nH]c1C(F)(F)F. The molecule has 5 nitrogen and oxygen atoms in total. The zero-order chi connectivity index (χ0) is 17.5. The Hall–Kier alpha value is -2.61. The minimum absolute atomic E-state index is 0.152. The smallest absolute Gasteiger partial charge is 0.319 e. The van der Waals surface area contributed by atoms with Gasteiger partial charge in [-0.1, -0.05) is 11.6 Å². The molecule has 0 aliphatic carbocycles. The standard InChI is InChI=1S/C15H10ClF3N4O/c1-7-10(5-8-4-9(16)2-3-11(8)21-7)14(24)22-12-6-20-23-13(12)15(17,18)19/h2-6H,1H3,(H,20,23)(H,22,24). The Labute approximate surface area is 138 Å². The Morgan fingerprint density at radius 1 is 1.29 bits per heavy atom. The molecule has 3 aromatic rings. The molecule has 1 amide bonds. The van der Waals surface area contributed by atoms with Gasteiger partial charge >= 0.3 is 6.18 Å². The number of aromatic nitrogens is 3. The zero-order valence-corrected chi connectivity index (χ0v) is 13.0. The number of nitrogens with zero attached hydrogens (tertiary/aromatic N) is 2. The summed E-state index contributed by atoms with van der Waals surface area (Å²) in [5.74, 6) is -0.714. The van der Waals surface area contributed by atoms with E-state index in [1.807, 2.05) is 5.10 Å². The number of alkyl halides is 3. The van der Waals surface area contributed by atoms with Crippen molar-refractivity contribution < 1.29 is 18.0 Å². The van der Waals surface area contributed by atoms with Gasteiger partial charge < -0.3 is 5.32 Å². The number of pyridine rings is 1. The Morgan fingerprint density at radius 2 is 2.04 bits per heavy atom. The van der Waals surface area contributed by atoms with Crippen molar-refractivity contribution in [3.63, 3.8) is 0 Å². The van der Waals surface area contributed by atoms with Crippen LogP contribution in [0.25, 0.3) is 10.9 Å². The number of nitrogens with one attached hydrogen (secondary N) is 2. The van der Waals surface area contributed by atoms with Gasteiger partial charge in [0.05, 0.1) is 28.7 Å². The van der Waals surface area contributed by atoms with Crippen LogP contribution in [0.5, 0.6) is 0 Å². The van der Waals surface area contributed by atoms with Crippen molar-refractivity contribution in [3.05, 3.63) is 52.4 Å². The fourth-order valence-corrected chi connectivity index (χ4v) is 2.44. The summed E-state index contributed by atoms with van der Waals surface area (Å²) in [5, 5.41) is 8.44. The van der Waals surface area contributed by atoms with Gasteiger partial charge in [0, 0.05) is 10.4 Å². The third-order valence-corrected chi connectivity index (χ3v) is 3.62. The monoisotopic (exact) mass is 354 g/mol. The van der Waals surface area contributed by atoms with E-state index in [1.165, 1.54) is 6.07 Å². The number of hydrogen-bond donors (Lipinski definition) is 2. The van der Waals surface area contributed by atoms with Gasteiger partial charge in [-0.05, 0) is 31.2 Å². The van der Waals surface area contributed by atoms with Crippen LogP contribution in [0.15, 0.2) is 30.5 Å². The van der Waals surface area contributed by atoms with Crippen LogP contribution in [-0.4, -0.2) is 21.1 Å². The van der Waals surface area contributed by atoms with Gasteiger partial charge in [0.2, 0.25) is 0 Å². The second-order valence-corrected chi connectivity index (χ2v) is 5.51. The molecule has 0 spiro atoms. The highest BCUT2D eigenvalue weighted by Crippen LogP contribution is 2.33. The van der Waals surface area contributed by atoms with Crippen LogP contribution < -0.4 is 5.32 Å². The van der Waals surface area contributed by atoms with E-state index in [1.54, 1.807) is 25.1 Å². The molecule has 2 aromatic heterocycles. The second-order valence-electron chi connectivity index (χ2n) is 5.07. The third kappa shape index (κ3) is 3.05. The topological polar surface area (TPSA) is 70.7 Å². The molecule has 0 aliphatic rings. The molecule has 24 heavy (non-hydrogen) atoms. The Kier molecular flexibility index (Phi) is 3.92. The summed E-state index contributed by atoms with van der Waals surface area (Å²) in [7, 11) is 0. The van der Waals surface area contributed by atoms with E-state index in [0.29, 0.717) is 21.6 Å². The molecule has 0 aliphatic heterocycles. The van der Waals surface area contributed by atoms with Crippen molar-refractivity contribution in [2.24, 2.45) is 0 Å². The number of amides is 1. The van der Waals surface area contributed by atoms with Gasteiger partial charge in [-0.3, -0.25) is 14.9 Å². The summed E-state index contributed by atoms with van der Waals surface area (Å²) in [6.45, 7) is 1.60.